The summed E-state index contributed by atoms with van der Waals surface area (Å²) >= 11 is 14.5. The minimum atomic E-state index is -0.477. The molecule has 0 bridgehead atoms. The van der Waals surface area contributed by atoms with E-state index in [1.807, 2.05) is 78.2 Å². The first-order valence-corrected chi connectivity index (χ1v) is 13.6. The molecular formula is C29H24Cl2N4O2S. The van der Waals surface area contributed by atoms with Gasteiger partial charge in [-0.15, -0.1) is 10.2 Å². The maximum Gasteiger partial charge on any atom is 0.252 e. The average Bonchev–Trinajstić information content (AvgIpc) is 3.37. The van der Waals surface area contributed by atoms with Crippen molar-refractivity contribution in [1.82, 2.24) is 20.1 Å². The largest absolute Gasteiger partial charge is 0.497 e. The lowest BCUT2D eigenvalue weighted by Crippen LogP contribution is -2.28. The molecule has 38 heavy (non-hydrogen) atoms. The molecule has 1 amide bonds. The highest BCUT2D eigenvalue weighted by Gasteiger charge is 2.23. The number of nitrogens with one attached hydrogen (secondary N) is 1. The molecule has 0 saturated carbocycles. The van der Waals surface area contributed by atoms with E-state index in [1.54, 1.807) is 25.3 Å². The number of thioether (sulfide) groups is 1. The number of ether oxygens (including phenoxy) is 1. The van der Waals surface area contributed by atoms with Crippen LogP contribution >= 0.6 is 35.0 Å². The fraction of sp³-hybridized carbons (Fsp3) is 0.138. The van der Waals surface area contributed by atoms with Gasteiger partial charge in [0.25, 0.3) is 5.91 Å². The molecule has 0 saturated heterocycles. The zero-order chi connectivity index (χ0) is 26.6. The van der Waals surface area contributed by atoms with Gasteiger partial charge in [-0.05, 0) is 59.7 Å². The molecule has 0 aliphatic heterocycles. The van der Waals surface area contributed by atoms with Gasteiger partial charge in [-0.2, -0.15) is 0 Å². The summed E-state index contributed by atoms with van der Waals surface area (Å²) in [4.78, 5) is 13.4. The number of carbonyl (C=O) groups is 1. The predicted octanol–water partition coefficient (Wildman–Crippen LogP) is 7.52. The lowest BCUT2D eigenvalue weighted by molar-refractivity contribution is 0.0939. The van der Waals surface area contributed by atoms with Crippen molar-refractivity contribution >= 4 is 51.6 Å². The van der Waals surface area contributed by atoms with Gasteiger partial charge in [0.05, 0.1) is 23.9 Å². The van der Waals surface area contributed by atoms with Crippen LogP contribution in [0.4, 0.5) is 0 Å². The van der Waals surface area contributed by atoms with Crippen LogP contribution in [0.3, 0.4) is 0 Å². The molecular weight excluding hydrogens is 539 g/mol. The number of aromatic nitrogens is 3. The molecule has 9 heteroatoms. The second-order valence-electron chi connectivity index (χ2n) is 8.63. The lowest BCUT2D eigenvalue weighted by atomic mass is 10.0. The van der Waals surface area contributed by atoms with Gasteiger partial charge in [-0.25, -0.2) is 0 Å². The molecule has 0 spiro atoms. The molecule has 5 aromatic rings. The molecule has 1 unspecified atom stereocenters. The van der Waals surface area contributed by atoms with Crippen LogP contribution in [-0.4, -0.2) is 27.8 Å². The van der Waals surface area contributed by atoms with Gasteiger partial charge in [-0.3, -0.25) is 9.36 Å². The first kappa shape index (κ1) is 26.1. The zero-order valence-corrected chi connectivity index (χ0v) is 23.0. The second-order valence-corrected chi connectivity index (χ2v) is 10.4. The third-order valence-corrected chi connectivity index (χ3v) is 7.63. The van der Waals surface area contributed by atoms with E-state index in [9.17, 15) is 4.79 Å². The van der Waals surface area contributed by atoms with Crippen LogP contribution in [-0.2, 0) is 5.75 Å². The van der Waals surface area contributed by atoms with Crippen LogP contribution in [0.5, 0.6) is 5.75 Å². The number of nitrogens with zero attached hydrogens (tertiary/aromatic N) is 3. The van der Waals surface area contributed by atoms with E-state index in [0.717, 1.165) is 22.1 Å². The summed E-state index contributed by atoms with van der Waals surface area (Å²) in [5, 5.41) is 15.5. The van der Waals surface area contributed by atoms with Crippen LogP contribution in [0.25, 0.3) is 16.5 Å². The van der Waals surface area contributed by atoms with E-state index in [-0.39, 0.29) is 5.91 Å². The number of rotatable bonds is 8. The Morgan fingerprint density at radius 2 is 1.79 bits per heavy atom. The third kappa shape index (κ3) is 5.50. The Labute approximate surface area is 234 Å². The van der Waals surface area contributed by atoms with Gasteiger partial charge >= 0.3 is 0 Å². The average molecular weight is 564 g/mol. The van der Waals surface area contributed by atoms with Crippen LogP contribution in [0.1, 0.15) is 34.7 Å². The van der Waals surface area contributed by atoms with Crippen molar-refractivity contribution in [1.29, 1.82) is 0 Å². The fourth-order valence-electron chi connectivity index (χ4n) is 4.21. The number of halogens is 2. The van der Waals surface area contributed by atoms with Crippen molar-refractivity contribution in [3.63, 3.8) is 0 Å². The molecule has 1 aromatic heterocycles. The van der Waals surface area contributed by atoms with Gasteiger partial charge in [0.2, 0.25) is 0 Å². The Hall–Kier alpha value is -3.52. The lowest BCUT2D eigenvalue weighted by Gasteiger charge is -2.18. The summed E-state index contributed by atoms with van der Waals surface area (Å²) < 4.78 is 7.20. The molecule has 6 nitrogen and oxygen atoms in total. The van der Waals surface area contributed by atoms with Crippen molar-refractivity contribution in [2.75, 3.05) is 7.11 Å². The standard InChI is InChI=1S/C29H24Cl2N4O2S/c1-18(32-28(36)24-12-6-9-20-8-3-4-11-23(20)24)27-33-34-29(35(27)26-16-21(30)13-14-25(26)31)38-17-19-7-5-10-22(15-19)37-2/h3-16,18H,17H2,1-2H3,(H,32,36). The molecule has 1 heterocycles. The minimum absolute atomic E-state index is 0.202. The van der Waals surface area contributed by atoms with E-state index < -0.39 is 6.04 Å². The summed E-state index contributed by atoms with van der Waals surface area (Å²) in [6.07, 6.45) is 0. The van der Waals surface area contributed by atoms with Gasteiger partial charge in [0.15, 0.2) is 11.0 Å². The molecule has 4 aromatic carbocycles. The summed E-state index contributed by atoms with van der Waals surface area (Å²) in [5.41, 5.74) is 2.30. The highest BCUT2D eigenvalue weighted by atomic mass is 35.5. The molecule has 1 N–H and O–H groups in total. The van der Waals surface area contributed by atoms with Gasteiger partial charge in [0, 0.05) is 16.3 Å². The number of hydrogen-bond donors (Lipinski definition) is 1. The number of benzene rings is 4. The number of hydrogen-bond acceptors (Lipinski definition) is 5. The Balaban J connectivity index is 1.48. The van der Waals surface area contributed by atoms with E-state index >= 15 is 0 Å². The molecule has 1 atom stereocenters. The molecule has 5 rings (SSSR count). The number of methoxy groups -OCH3 is 1. The summed E-state index contributed by atoms with van der Waals surface area (Å²) in [7, 11) is 1.64. The molecule has 0 aliphatic carbocycles. The maximum absolute atomic E-state index is 13.4. The maximum atomic E-state index is 13.4. The first-order chi connectivity index (χ1) is 18.4. The first-order valence-electron chi connectivity index (χ1n) is 11.9. The van der Waals surface area contributed by atoms with Crippen LogP contribution < -0.4 is 10.1 Å². The van der Waals surface area contributed by atoms with Crippen LogP contribution in [0, 0.1) is 0 Å². The Kier molecular flexibility index (Phi) is 7.88. The van der Waals surface area contributed by atoms with Gasteiger partial charge < -0.3 is 10.1 Å². The summed E-state index contributed by atoms with van der Waals surface area (Å²) in [6, 6.07) is 26.1. The van der Waals surface area contributed by atoms with E-state index in [4.69, 9.17) is 27.9 Å². The predicted molar refractivity (Wildman–Crippen MR) is 154 cm³/mol. The highest BCUT2D eigenvalue weighted by Crippen LogP contribution is 2.33. The molecule has 0 radical (unpaired) electrons. The van der Waals surface area contributed by atoms with Gasteiger partial charge in [0.1, 0.15) is 5.75 Å². The minimum Gasteiger partial charge on any atom is -0.497 e. The third-order valence-electron chi connectivity index (χ3n) is 6.08. The summed E-state index contributed by atoms with van der Waals surface area (Å²) in [6.45, 7) is 1.87. The Bertz CT molecular complexity index is 1620. The van der Waals surface area contributed by atoms with Crippen molar-refractivity contribution in [2.24, 2.45) is 0 Å². The highest BCUT2D eigenvalue weighted by molar-refractivity contribution is 7.98. The van der Waals surface area contributed by atoms with Crippen molar-refractivity contribution in [3.05, 3.63) is 112 Å². The van der Waals surface area contributed by atoms with E-state index in [0.29, 0.717) is 38.0 Å². The molecule has 192 valence electrons. The van der Waals surface area contributed by atoms with E-state index in [2.05, 4.69) is 15.5 Å². The smallest absolute Gasteiger partial charge is 0.252 e. The monoisotopic (exact) mass is 562 g/mol. The zero-order valence-electron chi connectivity index (χ0n) is 20.7. The summed E-state index contributed by atoms with van der Waals surface area (Å²) in [5.74, 6) is 1.75. The van der Waals surface area contributed by atoms with Gasteiger partial charge in [-0.1, -0.05) is 83.5 Å². The number of carbonyl (C=O) groups excluding carboxylic acids is 1. The van der Waals surface area contributed by atoms with Crippen LogP contribution in [0.2, 0.25) is 10.0 Å². The van der Waals surface area contributed by atoms with Crippen molar-refractivity contribution in [3.8, 4) is 11.4 Å². The van der Waals surface area contributed by atoms with Crippen LogP contribution in [0.15, 0.2) is 90.1 Å². The van der Waals surface area contributed by atoms with Crippen molar-refractivity contribution < 1.29 is 9.53 Å². The topological polar surface area (TPSA) is 69.0 Å². The molecule has 0 fully saturated rings. The number of fused-ring (bicyclic) bond motifs is 1. The Morgan fingerprint density at radius 1 is 1.00 bits per heavy atom. The molecule has 0 aliphatic rings. The second kappa shape index (κ2) is 11.5. The number of amides is 1. The fourth-order valence-corrected chi connectivity index (χ4v) is 5.47. The normalized spacial score (nSPS) is 11.9. The Morgan fingerprint density at radius 3 is 2.63 bits per heavy atom. The van der Waals surface area contributed by atoms with E-state index in [1.165, 1.54) is 11.8 Å². The SMILES string of the molecule is COc1cccc(CSc2nnc(C(C)NC(=O)c3cccc4ccccc34)n2-c2cc(Cl)ccc2Cl)c1. The quantitative estimate of drug-likeness (QED) is 0.198. The van der Waals surface area contributed by atoms with Crippen molar-refractivity contribution in [2.45, 2.75) is 23.9 Å².